The first-order chi connectivity index (χ1) is 14.3. The Morgan fingerprint density at radius 1 is 1.13 bits per heavy atom. The number of hydrogen-bond donors (Lipinski definition) is 1. The van der Waals surface area contributed by atoms with Crippen molar-refractivity contribution < 1.29 is 14.3 Å². The van der Waals surface area contributed by atoms with Crippen molar-refractivity contribution in [2.75, 3.05) is 13.1 Å². The summed E-state index contributed by atoms with van der Waals surface area (Å²) in [4.78, 5) is 27.1. The summed E-state index contributed by atoms with van der Waals surface area (Å²) in [6.45, 7) is 5.23. The zero-order chi connectivity index (χ0) is 21.7. The van der Waals surface area contributed by atoms with Crippen molar-refractivity contribution in [1.82, 2.24) is 10.2 Å². The predicted molar refractivity (Wildman–Crippen MR) is 119 cm³/mol. The van der Waals surface area contributed by atoms with Gasteiger partial charge < -0.3 is 15.0 Å². The number of rotatable bonds is 6. The molecular weight excluding hydrogens is 423 g/mol. The summed E-state index contributed by atoms with van der Waals surface area (Å²) < 4.78 is 5.92. The Hall–Kier alpha value is -2.24. The van der Waals surface area contributed by atoms with Crippen LogP contribution in [0.1, 0.15) is 42.6 Å². The molecule has 1 aliphatic rings. The fourth-order valence-electron chi connectivity index (χ4n) is 3.48. The standard InChI is InChI=1S/C23H26Cl2N2O3/c1-15(2)26-22(28)16-9-11-27(12-10-16)23(29)19-5-3-4-6-21(19)30-14-17-7-8-18(24)13-20(17)25/h3-8,13,15-16H,9-12,14H2,1-2H3,(H,26,28). The average Bonchev–Trinajstić information content (AvgIpc) is 2.72. The highest BCUT2D eigenvalue weighted by atomic mass is 35.5. The summed E-state index contributed by atoms with van der Waals surface area (Å²) >= 11 is 12.2. The van der Waals surface area contributed by atoms with Crippen LogP contribution in [-0.2, 0) is 11.4 Å². The van der Waals surface area contributed by atoms with Crippen molar-refractivity contribution in [1.29, 1.82) is 0 Å². The lowest BCUT2D eigenvalue weighted by Crippen LogP contribution is -2.44. The van der Waals surface area contributed by atoms with Crippen LogP contribution in [0.2, 0.25) is 10.0 Å². The van der Waals surface area contributed by atoms with Crippen LogP contribution in [0, 0.1) is 5.92 Å². The van der Waals surface area contributed by atoms with Gasteiger partial charge in [-0.3, -0.25) is 9.59 Å². The molecule has 0 unspecified atom stereocenters. The van der Waals surface area contributed by atoms with E-state index in [9.17, 15) is 9.59 Å². The number of carbonyl (C=O) groups is 2. The van der Waals surface area contributed by atoms with Crippen molar-refractivity contribution >= 4 is 35.0 Å². The minimum absolute atomic E-state index is 0.0463. The van der Waals surface area contributed by atoms with Gasteiger partial charge in [-0.25, -0.2) is 0 Å². The highest BCUT2D eigenvalue weighted by Gasteiger charge is 2.29. The number of halogens is 2. The van der Waals surface area contributed by atoms with E-state index in [1.807, 2.05) is 32.0 Å². The van der Waals surface area contributed by atoms with Crippen LogP contribution >= 0.6 is 23.2 Å². The Morgan fingerprint density at radius 2 is 1.83 bits per heavy atom. The second kappa shape index (κ2) is 10.2. The molecule has 30 heavy (non-hydrogen) atoms. The molecule has 7 heteroatoms. The number of nitrogens with zero attached hydrogens (tertiary/aromatic N) is 1. The van der Waals surface area contributed by atoms with E-state index in [-0.39, 0.29) is 30.4 Å². The Morgan fingerprint density at radius 3 is 2.50 bits per heavy atom. The summed E-state index contributed by atoms with van der Waals surface area (Å²) in [5.74, 6) is 0.444. The van der Waals surface area contributed by atoms with Gasteiger partial charge in [0.25, 0.3) is 5.91 Å². The molecule has 1 N–H and O–H groups in total. The van der Waals surface area contributed by atoms with Gasteiger partial charge in [0.15, 0.2) is 0 Å². The van der Waals surface area contributed by atoms with Crippen LogP contribution < -0.4 is 10.1 Å². The molecule has 0 saturated carbocycles. The van der Waals surface area contributed by atoms with Crippen molar-refractivity contribution in [2.45, 2.75) is 39.3 Å². The molecule has 0 atom stereocenters. The first kappa shape index (κ1) is 22.4. The van der Waals surface area contributed by atoms with Crippen molar-refractivity contribution in [3.8, 4) is 5.75 Å². The third kappa shape index (κ3) is 5.67. The van der Waals surface area contributed by atoms with Gasteiger partial charge in [0.1, 0.15) is 12.4 Å². The van der Waals surface area contributed by atoms with Crippen molar-refractivity contribution in [3.63, 3.8) is 0 Å². The highest BCUT2D eigenvalue weighted by molar-refractivity contribution is 6.35. The molecule has 5 nitrogen and oxygen atoms in total. The number of carbonyl (C=O) groups excluding carboxylic acids is 2. The minimum atomic E-state index is -0.0875. The number of amides is 2. The molecule has 1 aliphatic heterocycles. The lowest BCUT2D eigenvalue weighted by Gasteiger charge is -2.32. The van der Waals surface area contributed by atoms with Gasteiger partial charge in [0.2, 0.25) is 5.91 Å². The number of hydrogen-bond acceptors (Lipinski definition) is 3. The SMILES string of the molecule is CC(C)NC(=O)C1CCN(C(=O)c2ccccc2OCc2ccc(Cl)cc2Cl)CC1. The Labute approximate surface area is 187 Å². The van der Waals surface area contributed by atoms with E-state index in [1.165, 1.54) is 0 Å². The molecule has 0 spiro atoms. The van der Waals surface area contributed by atoms with Crippen LogP contribution in [0.15, 0.2) is 42.5 Å². The van der Waals surface area contributed by atoms with Gasteiger partial charge in [0, 0.05) is 40.7 Å². The number of benzene rings is 2. The van der Waals surface area contributed by atoms with Crippen molar-refractivity contribution in [2.24, 2.45) is 5.92 Å². The second-order valence-electron chi connectivity index (χ2n) is 7.75. The molecule has 2 aromatic rings. The molecule has 0 bridgehead atoms. The van der Waals surface area contributed by atoms with Gasteiger partial charge in [-0.2, -0.15) is 0 Å². The smallest absolute Gasteiger partial charge is 0.257 e. The molecule has 0 aliphatic carbocycles. The van der Waals surface area contributed by atoms with Gasteiger partial charge in [0.05, 0.1) is 5.56 Å². The molecule has 3 rings (SSSR count). The third-order valence-electron chi connectivity index (χ3n) is 5.10. The van der Waals surface area contributed by atoms with Gasteiger partial charge in [-0.1, -0.05) is 41.4 Å². The lowest BCUT2D eigenvalue weighted by molar-refractivity contribution is -0.126. The highest BCUT2D eigenvalue weighted by Crippen LogP contribution is 2.27. The minimum Gasteiger partial charge on any atom is -0.488 e. The number of ether oxygens (including phenoxy) is 1. The van der Waals surface area contributed by atoms with Gasteiger partial charge in [-0.05, 0) is 51.0 Å². The molecule has 160 valence electrons. The summed E-state index contributed by atoms with van der Waals surface area (Å²) in [5.41, 5.74) is 1.30. The quantitative estimate of drug-likeness (QED) is 0.679. The molecule has 1 heterocycles. The van der Waals surface area contributed by atoms with Crippen LogP contribution in [0.4, 0.5) is 0 Å². The van der Waals surface area contributed by atoms with Gasteiger partial charge >= 0.3 is 0 Å². The van der Waals surface area contributed by atoms with Crippen LogP contribution in [0.25, 0.3) is 0 Å². The fraction of sp³-hybridized carbons (Fsp3) is 0.391. The second-order valence-corrected chi connectivity index (χ2v) is 8.59. The van der Waals surface area contributed by atoms with Crippen LogP contribution in [0.5, 0.6) is 5.75 Å². The normalized spacial score (nSPS) is 14.6. The van der Waals surface area contributed by atoms with E-state index in [0.717, 1.165) is 5.56 Å². The molecule has 2 aromatic carbocycles. The summed E-state index contributed by atoms with van der Waals surface area (Å²) in [6.07, 6.45) is 1.32. The topological polar surface area (TPSA) is 58.6 Å². The first-order valence-corrected chi connectivity index (χ1v) is 10.9. The molecule has 1 fully saturated rings. The number of para-hydroxylation sites is 1. The lowest BCUT2D eigenvalue weighted by atomic mass is 9.95. The first-order valence-electron chi connectivity index (χ1n) is 10.1. The van der Waals surface area contributed by atoms with E-state index in [0.29, 0.717) is 47.3 Å². The van der Waals surface area contributed by atoms with E-state index >= 15 is 0 Å². The Kier molecular flexibility index (Phi) is 7.62. The average molecular weight is 449 g/mol. The molecule has 1 saturated heterocycles. The van der Waals surface area contributed by atoms with Crippen LogP contribution in [0.3, 0.4) is 0 Å². The zero-order valence-electron chi connectivity index (χ0n) is 17.2. The third-order valence-corrected chi connectivity index (χ3v) is 5.69. The zero-order valence-corrected chi connectivity index (χ0v) is 18.7. The number of likely N-dealkylation sites (tertiary alicyclic amines) is 1. The largest absolute Gasteiger partial charge is 0.488 e. The maximum absolute atomic E-state index is 13.1. The van der Waals surface area contributed by atoms with E-state index < -0.39 is 0 Å². The molecule has 0 radical (unpaired) electrons. The van der Waals surface area contributed by atoms with Crippen molar-refractivity contribution in [3.05, 3.63) is 63.6 Å². The van der Waals surface area contributed by atoms with E-state index in [1.54, 1.807) is 29.2 Å². The maximum Gasteiger partial charge on any atom is 0.257 e. The monoisotopic (exact) mass is 448 g/mol. The predicted octanol–water partition coefficient (Wildman–Crippen LogP) is 4.95. The maximum atomic E-state index is 13.1. The molecule has 0 aromatic heterocycles. The Balaban J connectivity index is 1.64. The summed E-state index contributed by atoms with van der Waals surface area (Å²) in [7, 11) is 0. The Bertz CT molecular complexity index is 909. The fourth-order valence-corrected chi connectivity index (χ4v) is 3.94. The number of piperidine rings is 1. The molecule has 2 amide bonds. The summed E-state index contributed by atoms with van der Waals surface area (Å²) in [6, 6.07) is 12.5. The van der Waals surface area contributed by atoms with E-state index in [2.05, 4.69) is 5.32 Å². The molecular formula is C23H26Cl2N2O3. The summed E-state index contributed by atoms with van der Waals surface area (Å²) in [5, 5.41) is 4.04. The van der Waals surface area contributed by atoms with Crippen LogP contribution in [-0.4, -0.2) is 35.8 Å². The van der Waals surface area contributed by atoms with E-state index in [4.69, 9.17) is 27.9 Å². The number of nitrogens with one attached hydrogen (secondary N) is 1. The van der Waals surface area contributed by atoms with Gasteiger partial charge in [-0.15, -0.1) is 0 Å².